The van der Waals surface area contributed by atoms with Gasteiger partial charge in [0.1, 0.15) is 23.5 Å². The average molecular weight is 345 g/mol. The quantitative estimate of drug-likeness (QED) is 0.703. The molecule has 2 heterocycles. The molecular weight excluding hydrogens is 322 g/mol. The number of nitrogens with zero attached hydrogens (tertiary/aromatic N) is 2. The molecule has 1 fully saturated rings. The SMILES string of the molecule is COc1ccc(OC)c(Nc2ncnc(NCC3CCCO3)c2N)c1. The topological polar surface area (TPSA) is 104 Å². The van der Waals surface area contributed by atoms with Crippen LogP contribution in [0.5, 0.6) is 11.5 Å². The molecule has 4 N–H and O–H groups in total. The molecule has 2 aromatic rings. The van der Waals surface area contributed by atoms with Gasteiger partial charge >= 0.3 is 0 Å². The number of hydrogen-bond donors (Lipinski definition) is 3. The average Bonchev–Trinajstić information content (AvgIpc) is 3.16. The Labute approximate surface area is 146 Å². The van der Waals surface area contributed by atoms with Crippen LogP contribution >= 0.6 is 0 Å². The molecule has 0 radical (unpaired) electrons. The Morgan fingerprint density at radius 1 is 1.24 bits per heavy atom. The molecule has 0 bridgehead atoms. The summed E-state index contributed by atoms with van der Waals surface area (Å²) in [7, 11) is 3.21. The Hall–Kier alpha value is -2.74. The summed E-state index contributed by atoms with van der Waals surface area (Å²) in [5.41, 5.74) is 7.36. The molecular formula is C17H23N5O3. The Balaban J connectivity index is 1.77. The van der Waals surface area contributed by atoms with E-state index in [-0.39, 0.29) is 6.10 Å². The van der Waals surface area contributed by atoms with Crippen LogP contribution in [0.2, 0.25) is 0 Å². The maximum absolute atomic E-state index is 6.22. The van der Waals surface area contributed by atoms with Crippen molar-refractivity contribution in [1.82, 2.24) is 9.97 Å². The molecule has 1 aromatic heterocycles. The van der Waals surface area contributed by atoms with E-state index in [9.17, 15) is 0 Å². The smallest absolute Gasteiger partial charge is 0.159 e. The number of rotatable bonds is 7. The third kappa shape index (κ3) is 4.03. The molecule has 8 nitrogen and oxygen atoms in total. The number of nitrogens with one attached hydrogen (secondary N) is 2. The van der Waals surface area contributed by atoms with Gasteiger partial charge in [-0.15, -0.1) is 0 Å². The van der Waals surface area contributed by atoms with Crippen molar-refractivity contribution in [1.29, 1.82) is 0 Å². The summed E-state index contributed by atoms with van der Waals surface area (Å²) in [4.78, 5) is 8.45. The molecule has 0 saturated carbocycles. The Morgan fingerprint density at radius 3 is 2.80 bits per heavy atom. The molecule has 1 aromatic carbocycles. The van der Waals surface area contributed by atoms with Crippen molar-refractivity contribution >= 4 is 23.0 Å². The maximum atomic E-state index is 6.22. The van der Waals surface area contributed by atoms with Gasteiger partial charge < -0.3 is 30.6 Å². The van der Waals surface area contributed by atoms with Crippen LogP contribution in [0.15, 0.2) is 24.5 Å². The van der Waals surface area contributed by atoms with Crippen LogP contribution in [0.25, 0.3) is 0 Å². The highest BCUT2D eigenvalue weighted by Gasteiger charge is 2.17. The zero-order chi connectivity index (χ0) is 17.6. The second-order valence-electron chi connectivity index (χ2n) is 5.69. The lowest BCUT2D eigenvalue weighted by Gasteiger charge is -2.16. The number of nitrogens with two attached hydrogens (primary N) is 1. The van der Waals surface area contributed by atoms with Gasteiger partial charge in [-0.3, -0.25) is 0 Å². The maximum Gasteiger partial charge on any atom is 0.159 e. The van der Waals surface area contributed by atoms with E-state index >= 15 is 0 Å². The van der Waals surface area contributed by atoms with Gasteiger partial charge in [-0.05, 0) is 25.0 Å². The van der Waals surface area contributed by atoms with Crippen LogP contribution in [0.3, 0.4) is 0 Å². The van der Waals surface area contributed by atoms with Gasteiger partial charge in [-0.25, -0.2) is 9.97 Å². The largest absolute Gasteiger partial charge is 0.497 e. The Bertz CT molecular complexity index is 719. The van der Waals surface area contributed by atoms with Crippen molar-refractivity contribution < 1.29 is 14.2 Å². The van der Waals surface area contributed by atoms with Crippen molar-refractivity contribution in [3.05, 3.63) is 24.5 Å². The number of aromatic nitrogens is 2. The summed E-state index contributed by atoms with van der Waals surface area (Å²) in [6.45, 7) is 1.48. The van der Waals surface area contributed by atoms with Crippen LogP contribution in [0, 0.1) is 0 Å². The van der Waals surface area contributed by atoms with Crippen molar-refractivity contribution in [3.63, 3.8) is 0 Å². The first kappa shape index (κ1) is 17.1. The summed E-state index contributed by atoms with van der Waals surface area (Å²) in [5, 5.41) is 6.42. The predicted octanol–water partition coefficient (Wildman–Crippen LogP) is 2.41. The van der Waals surface area contributed by atoms with Crippen molar-refractivity contribution in [2.75, 3.05) is 43.7 Å². The van der Waals surface area contributed by atoms with Gasteiger partial charge in [-0.2, -0.15) is 0 Å². The monoisotopic (exact) mass is 345 g/mol. The predicted molar refractivity (Wildman–Crippen MR) is 96.7 cm³/mol. The molecule has 0 aliphatic carbocycles. The van der Waals surface area contributed by atoms with Gasteiger partial charge in [0.05, 0.1) is 26.0 Å². The molecule has 1 unspecified atom stereocenters. The molecule has 1 aliphatic rings. The van der Waals surface area contributed by atoms with Gasteiger partial charge in [0, 0.05) is 19.2 Å². The van der Waals surface area contributed by atoms with Crippen molar-refractivity contribution in [2.24, 2.45) is 0 Å². The summed E-state index contributed by atoms with van der Waals surface area (Å²) >= 11 is 0. The van der Waals surface area contributed by atoms with Crippen LogP contribution in [0.4, 0.5) is 23.0 Å². The fourth-order valence-electron chi connectivity index (χ4n) is 2.69. The van der Waals surface area contributed by atoms with Crippen LogP contribution < -0.4 is 25.8 Å². The fourth-order valence-corrected chi connectivity index (χ4v) is 2.69. The number of benzene rings is 1. The summed E-state index contributed by atoms with van der Waals surface area (Å²) < 4.78 is 16.2. The van der Waals surface area contributed by atoms with E-state index in [2.05, 4.69) is 20.6 Å². The number of hydrogen-bond acceptors (Lipinski definition) is 8. The summed E-state index contributed by atoms with van der Waals surface area (Å²) in [6, 6.07) is 5.46. The summed E-state index contributed by atoms with van der Waals surface area (Å²) in [5.74, 6) is 2.44. The zero-order valence-corrected chi connectivity index (χ0v) is 14.4. The Kier molecular flexibility index (Phi) is 5.39. The number of anilines is 4. The number of ether oxygens (including phenoxy) is 3. The molecule has 1 atom stereocenters. The van der Waals surface area contributed by atoms with Gasteiger partial charge in [0.2, 0.25) is 0 Å². The van der Waals surface area contributed by atoms with Crippen molar-refractivity contribution in [3.8, 4) is 11.5 Å². The lowest BCUT2D eigenvalue weighted by molar-refractivity contribution is 0.120. The van der Waals surface area contributed by atoms with Crippen LogP contribution in [-0.2, 0) is 4.74 Å². The highest BCUT2D eigenvalue weighted by molar-refractivity contribution is 5.79. The highest BCUT2D eigenvalue weighted by atomic mass is 16.5. The van der Waals surface area contributed by atoms with E-state index in [4.69, 9.17) is 19.9 Å². The molecule has 0 amide bonds. The minimum atomic E-state index is 0.198. The molecule has 3 rings (SSSR count). The van der Waals surface area contributed by atoms with E-state index in [1.54, 1.807) is 14.2 Å². The van der Waals surface area contributed by atoms with Gasteiger partial charge in [-0.1, -0.05) is 0 Å². The van der Waals surface area contributed by atoms with E-state index in [1.807, 2.05) is 18.2 Å². The van der Waals surface area contributed by atoms with E-state index < -0.39 is 0 Å². The van der Waals surface area contributed by atoms with Crippen molar-refractivity contribution in [2.45, 2.75) is 18.9 Å². The normalized spacial score (nSPS) is 16.5. The molecule has 134 valence electrons. The molecule has 25 heavy (non-hydrogen) atoms. The standard InChI is InChI=1S/C17H23N5O3/c1-23-11-5-6-14(24-2)13(8-11)22-17-15(18)16(20-10-21-17)19-9-12-4-3-7-25-12/h5-6,8,10,12H,3-4,7,9,18H2,1-2H3,(H2,19,20,21,22). The molecule has 8 heteroatoms. The number of methoxy groups -OCH3 is 2. The fraction of sp³-hybridized carbons (Fsp3) is 0.412. The van der Waals surface area contributed by atoms with Crippen LogP contribution in [-0.4, -0.2) is 43.4 Å². The molecule has 0 spiro atoms. The van der Waals surface area contributed by atoms with E-state index in [0.29, 0.717) is 41.1 Å². The van der Waals surface area contributed by atoms with Crippen LogP contribution in [0.1, 0.15) is 12.8 Å². The zero-order valence-electron chi connectivity index (χ0n) is 14.4. The first-order valence-corrected chi connectivity index (χ1v) is 8.16. The third-order valence-corrected chi connectivity index (χ3v) is 4.06. The highest BCUT2D eigenvalue weighted by Crippen LogP contribution is 2.33. The van der Waals surface area contributed by atoms with Gasteiger partial charge in [0.15, 0.2) is 11.6 Å². The minimum Gasteiger partial charge on any atom is -0.497 e. The summed E-state index contributed by atoms with van der Waals surface area (Å²) in [6.07, 6.45) is 3.80. The second-order valence-corrected chi connectivity index (χ2v) is 5.69. The second kappa shape index (κ2) is 7.89. The van der Waals surface area contributed by atoms with E-state index in [1.165, 1.54) is 6.33 Å². The first-order chi connectivity index (χ1) is 12.2. The first-order valence-electron chi connectivity index (χ1n) is 8.16. The molecule has 1 aliphatic heterocycles. The lowest BCUT2D eigenvalue weighted by Crippen LogP contribution is -2.20. The minimum absolute atomic E-state index is 0.198. The number of nitrogen functional groups attached to an aromatic ring is 1. The van der Waals surface area contributed by atoms with E-state index in [0.717, 1.165) is 19.4 Å². The third-order valence-electron chi connectivity index (χ3n) is 4.06. The molecule has 1 saturated heterocycles. The van der Waals surface area contributed by atoms with Gasteiger partial charge in [0.25, 0.3) is 0 Å². The lowest BCUT2D eigenvalue weighted by atomic mass is 10.2. The Morgan fingerprint density at radius 2 is 2.08 bits per heavy atom.